The molecule has 0 unspecified atom stereocenters. The van der Waals surface area contributed by atoms with Crippen molar-refractivity contribution in [2.75, 3.05) is 13.2 Å². The fourth-order valence-electron chi connectivity index (χ4n) is 1.28. The zero-order valence-electron chi connectivity index (χ0n) is 11.3. The van der Waals surface area contributed by atoms with Crippen molar-refractivity contribution in [3.05, 3.63) is 23.8 Å². The van der Waals surface area contributed by atoms with Gasteiger partial charge in [-0.25, -0.2) is 9.97 Å². The molecule has 4 nitrogen and oxygen atoms in total. The lowest BCUT2D eigenvalue weighted by molar-refractivity contribution is 0.149. The first-order valence-electron chi connectivity index (χ1n) is 6.14. The molecule has 1 heterocycles. The lowest BCUT2D eigenvalue weighted by Crippen LogP contribution is -2.35. The van der Waals surface area contributed by atoms with Crippen LogP contribution in [0.3, 0.4) is 0 Å². The minimum atomic E-state index is 0.119. The van der Waals surface area contributed by atoms with Gasteiger partial charge in [-0.1, -0.05) is 0 Å². The van der Waals surface area contributed by atoms with Crippen molar-refractivity contribution in [2.24, 2.45) is 0 Å². The summed E-state index contributed by atoms with van der Waals surface area (Å²) in [4.78, 5) is 8.64. The molecule has 0 aliphatic carbocycles. The summed E-state index contributed by atoms with van der Waals surface area (Å²) in [7, 11) is 0. The molecule has 0 amide bonds. The van der Waals surface area contributed by atoms with Crippen LogP contribution in [0.1, 0.15) is 39.1 Å². The van der Waals surface area contributed by atoms with E-state index in [0.717, 1.165) is 31.0 Å². The third-order valence-corrected chi connectivity index (χ3v) is 2.26. The summed E-state index contributed by atoms with van der Waals surface area (Å²) < 4.78 is 5.27. The van der Waals surface area contributed by atoms with E-state index in [-0.39, 0.29) is 5.54 Å². The van der Waals surface area contributed by atoms with Gasteiger partial charge in [0.05, 0.1) is 6.61 Å². The maximum absolute atomic E-state index is 5.27. The number of nitrogens with zero attached hydrogens (tertiary/aromatic N) is 2. The van der Waals surface area contributed by atoms with Crippen molar-refractivity contribution >= 4 is 0 Å². The topological polar surface area (TPSA) is 47.0 Å². The van der Waals surface area contributed by atoms with Crippen molar-refractivity contribution in [3.8, 4) is 0 Å². The average molecular weight is 237 g/mol. The molecule has 0 fully saturated rings. The van der Waals surface area contributed by atoms with Gasteiger partial charge in [0.2, 0.25) is 0 Å². The van der Waals surface area contributed by atoms with Gasteiger partial charge in [-0.2, -0.15) is 0 Å². The molecular weight excluding hydrogens is 214 g/mol. The molecule has 0 aromatic carbocycles. The van der Waals surface area contributed by atoms with Crippen LogP contribution in [-0.2, 0) is 17.7 Å². The second kappa shape index (κ2) is 6.67. The first-order chi connectivity index (χ1) is 8.01. The van der Waals surface area contributed by atoms with Crippen LogP contribution in [0.15, 0.2) is 12.4 Å². The van der Waals surface area contributed by atoms with E-state index in [1.54, 1.807) is 0 Å². The number of aromatic nitrogens is 2. The van der Waals surface area contributed by atoms with Gasteiger partial charge in [0.25, 0.3) is 0 Å². The molecule has 1 aromatic heterocycles. The van der Waals surface area contributed by atoms with E-state index in [1.165, 1.54) is 0 Å². The molecular formula is C13H23N3O. The molecule has 96 valence electrons. The van der Waals surface area contributed by atoms with Gasteiger partial charge in [-0.15, -0.1) is 0 Å². The molecule has 17 heavy (non-hydrogen) atoms. The van der Waals surface area contributed by atoms with E-state index in [4.69, 9.17) is 4.74 Å². The van der Waals surface area contributed by atoms with Crippen LogP contribution in [0, 0.1) is 0 Å². The van der Waals surface area contributed by atoms with E-state index < -0.39 is 0 Å². The van der Waals surface area contributed by atoms with Gasteiger partial charge in [-0.3, -0.25) is 0 Å². The lowest BCUT2D eigenvalue weighted by atomic mass is 10.1. The fraction of sp³-hybridized carbons (Fsp3) is 0.692. The predicted molar refractivity (Wildman–Crippen MR) is 68.8 cm³/mol. The third kappa shape index (κ3) is 6.34. The molecule has 0 spiro atoms. The van der Waals surface area contributed by atoms with Crippen LogP contribution in [-0.4, -0.2) is 28.7 Å². The second-order valence-corrected chi connectivity index (χ2v) is 5.06. The summed E-state index contributed by atoms with van der Waals surface area (Å²) in [5.74, 6) is 0.845. The fourth-order valence-corrected chi connectivity index (χ4v) is 1.28. The van der Waals surface area contributed by atoms with Crippen LogP contribution in [0.5, 0.6) is 0 Å². The number of hydrogen-bond donors (Lipinski definition) is 1. The molecule has 0 bridgehead atoms. The van der Waals surface area contributed by atoms with Crippen molar-refractivity contribution in [2.45, 2.75) is 46.2 Å². The smallest absolute Gasteiger partial charge is 0.130 e. The summed E-state index contributed by atoms with van der Waals surface area (Å²) in [5.41, 5.74) is 1.23. The van der Waals surface area contributed by atoms with Gasteiger partial charge in [0, 0.05) is 43.1 Å². The highest BCUT2D eigenvalue weighted by molar-refractivity contribution is 5.05. The predicted octanol–water partition coefficient (Wildman–Crippen LogP) is 1.94. The summed E-state index contributed by atoms with van der Waals surface area (Å²) >= 11 is 0. The number of hydrogen-bond acceptors (Lipinski definition) is 4. The standard InChI is InChI=1S/C13H23N3O/c1-5-17-7-6-12-14-8-11(9-15-12)10-16-13(2,3)4/h8-9,16H,5-7,10H2,1-4H3. The number of nitrogens with one attached hydrogen (secondary N) is 1. The van der Waals surface area contributed by atoms with E-state index in [9.17, 15) is 0 Å². The largest absolute Gasteiger partial charge is 0.381 e. The zero-order valence-corrected chi connectivity index (χ0v) is 11.3. The molecule has 1 aromatic rings. The van der Waals surface area contributed by atoms with Crippen LogP contribution in [0.25, 0.3) is 0 Å². The minimum Gasteiger partial charge on any atom is -0.381 e. The summed E-state index contributed by atoms with van der Waals surface area (Å²) in [6.45, 7) is 10.7. The molecule has 0 aliphatic rings. The Hall–Kier alpha value is -1.00. The van der Waals surface area contributed by atoms with Crippen LogP contribution >= 0.6 is 0 Å². The van der Waals surface area contributed by atoms with E-state index in [1.807, 2.05) is 19.3 Å². The van der Waals surface area contributed by atoms with Crippen molar-refractivity contribution in [3.63, 3.8) is 0 Å². The molecule has 0 radical (unpaired) electrons. The SMILES string of the molecule is CCOCCc1ncc(CNC(C)(C)C)cn1. The Morgan fingerprint density at radius 1 is 1.24 bits per heavy atom. The Morgan fingerprint density at radius 3 is 2.41 bits per heavy atom. The Kier molecular flexibility index (Phi) is 5.51. The normalized spacial score (nSPS) is 11.8. The molecule has 0 atom stereocenters. The van der Waals surface area contributed by atoms with Gasteiger partial charge in [0.15, 0.2) is 0 Å². The monoisotopic (exact) mass is 237 g/mol. The van der Waals surface area contributed by atoms with Gasteiger partial charge in [-0.05, 0) is 27.7 Å². The Labute approximate surface area is 104 Å². The Balaban J connectivity index is 2.39. The molecule has 0 aliphatic heterocycles. The average Bonchev–Trinajstić information content (AvgIpc) is 2.27. The quantitative estimate of drug-likeness (QED) is 0.768. The van der Waals surface area contributed by atoms with Crippen LogP contribution < -0.4 is 5.32 Å². The highest BCUT2D eigenvalue weighted by atomic mass is 16.5. The highest BCUT2D eigenvalue weighted by Crippen LogP contribution is 2.03. The summed E-state index contributed by atoms with van der Waals surface area (Å²) in [6.07, 6.45) is 4.54. The number of ether oxygens (including phenoxy) is 1. The first kappa shape index (κ1) is 14.1. The van der Waals surface area contributed by atoms with Gasteiger partial charge >= 0.3 is 0 Å². The van der Waals surface area contributed by atoms with E-state index >= 15 is 0 Å². The molecule has 1 N–H and O–H groups in total. The third-order valence-electron chi connectivity index (χ3n) is 2.26. The molecule has 1 rings (SSSR count). The van der Waals surface area contributed by atoms with E-state index in [0.29, 0.717) is 6.61 Å². The van der Waals surface area contributed by atoms with E-state index in [2.05, 4.69) is 36.1 Å². The van der Waals surface area contributed by atoms with Crippen molar-refractivity contribution < 1.29 is 4.74 Å². The zero-order chi connectivity index (χ0) is 12.7. The van der Waals surface area contributed by atoms with Crippen LogP contribution in [0.2, 0.25) is 0 Å². The van der Waals surface area contributed by atoms with Crippen LogP contribution in [0.4, 0.5) is 0 Å². The van der Waals surface area contributed by atoms with Crippen molar-refractivity contribution in [1.82, 2.24) is 15.3 Å². The molecule has 4 heteroatoms. The van der Waals surface area contributed by atoms with Gasteiger partial charge < -0.3 is 10.1 Å². The Morgan fingerprint density at radius 2 is 1.88 bits per heavy atom. The Bertz CT molecular complexity index is 316. The first-order valence-corrected chi connectivity index (χ1v) is 6.14. The summed E-state index contributed by atoms with van der Waals surface area (Å²) in [5, 5.41) is 3.41. The highest BCUT2D eigenvalue weighted by Gasteiger charge is 2.08. The second-order valence-electron chi connectivity index (χ2n) is 5.06. The van der Waals surface area contributed by atoms with Gasteiger partial charge in [0.1, 0.15) is 5.82 Å². The minimum absolute atomic E-state index is 0.119. The van der Waals surface area contributed by atoms with Crippen molar-refractivity contribution in [1.29, 1.82) is 0 Å². The molecule has 0 saturated heterocycles. The maximum Gasteiger partial charge on any atom is 0.130 e. The molecule has 0 saturated carbocycles. The number of rotatable bonds is 6. The lowest BCUT2D eigenvalue weighted by Gasteiger charge is -2.20. The summed E-state index contributed by atoms with van der Waals surface area (Å²) in [6, 6.07) is 0. The maximum atomic E-state index is 5.27.